The SMILES string of the molecule is CNc1cnc(N2CCN(C)CC2)c2cccc(F)c12. The number of benzene rings is 1. The second kappa shape index (κ2) is 5.25. The standard InChI is InChI=1S/C15H19FN4/c1-17-13-10-18-15(20-8-6-19(2)7-9-20)11-4-3-5-12(16)14(11)13/h3-5,10,17H,6-9H2,1-2H3. The molecular formula is C15H19FN4. The number of aromatic nitrogens is 1. The summed E-state index contributed by atoms with van der Waals surface area (Å²) in [7, 11) is 3.91. The second-order valence-electron chi connectivity index (χ2n) is 5.20. The lowest BCUT2D eigenvalue weighted by Crippen LogP contribution is -2.44. The molecule has 5 heteroatoms. The molecule has 2 aromatic rings. The molecule has 1 aliphatic rings. The third kappa shape index (κ3) is 2.18. The third-order valence-electron chi connectivity index (χ3n) is 3.91. The van der Waals surface area contributed by atoms with Gasteiger partial charge >= 0.3 is 0 Å². The van der Waals surface area contributed by atoms with Crippen molar-refractivity contribution in [2.75, 3.05) is 50.5 Å². The Balaban J connectivity index is 2.10. The molecule has 0 atom stereocenters. The number of nitrogens with one attached hydrogen (secondary N) is 1. The molecule has 0 bridgehead atoms. The van der Waals surface area contributed by atoms with Crippen LogP contribution in [0.1, 0.15) is 0 Å². The van der Waals surface area contributed by atoms with Gasteiger partial charge in [-0.05, 0) is 13.1 Å². The van der Waals surface area contributed by atoms with Gasteiger partial charge in [-0.15, -0.1) is 0 Å². The molecule has 1 aromatic carbocycles. The molecule has 0 saturated carbocycles. The van der Waals surface area contributed by atoms with Crippen molar-refractivity contribution in [3.05, 3.63) is 30.2 Å². The highest BCUT2D eigenvalue weighted by Crippen LogP contribution is 2.32. The molecule has 0 aliphatic carbocycles. The van der Waals surface area contributed by atoms with Crippen LogP contribution in [-0.2, 0) is 0 Å². The number of piperazine rings is 1. The van der Waals surface area contributed by atoms with Gasteiger partial charge in [-0.1, -0.05) is 12.1 Å². The Bertz CT molecular complexity index is 621. The molecule has 1 N–H and O–H groups in total. The van der Waals surface area contributed by atoms with Gasteiger partial charge in [-0.2, -0.15) is 0 Å². The van der Waals surface area contributed by atoms with E-state index in [0.717, 1.165) is 43.1 Å². The zero-order valence-electron chi connectivity index (χ0n) is 11.9. The molecule has 0 unspecified atom stereocenters. The van der Waals surface area contributed by atoms with Gasteiger partial charge in [0.05, 0.1) is 11.9 Å². The molecule has 1 aromatic heterocycles. The van der Waals surface area contributed by atoms with Gasteiger partial charge in [0.25, 0.3) is 0 Å². The lowest BCUT2D eigenvalue weighted by atomic mass is 10.1. The Labute approximate surface area is 118 Å². The number of hydrogen-bond donors (Lipinski definition) is 1. The van der Waals surface area contributed by atoms with Crippen LogP contribution in [0, 0.1) is 5.82 Å². The Morgan fingerprint density at radius 2 is 1.95 bits per heavy atom. The Hall–Kier alpha value is -1.88. The quantitative estimate of drug-likeness (QED) is 0.909. The number of hydrogen-bond acceptors (Lipinski definition) is 4. The molecular weight excluding hydrogens is 255 g/mol. The highest BCUT2D eigenvalue weighted by molar-refractivity contribution is 6.00. The predicted molar refractivity (Wildman–Crippen MR) is 81.0 cm³/mol. The minimum Gasteiger partial charge on any atom is -0.386 e. The molecule has 4 nitrogen and oxygen atoms in total. The van der Waals surface area contributed by atoms with Gasteiger partial charge in [-0.3, -0.25) is 0 Å². The molecule has 0 radical (unpaired) electrons. The lowest BCUT2D eigenvalue weighted by Gasteiger charge is -2.34. The summed E-state index contributed by atoms with van der Waals surface area (Å²) in [6.07, 6.45) is 1.72. The smallest absolute Gasteiger partial charge is 0.136 e. The van der Waals surface area contributed by atoms with E-state index in [0.29, 0.717) is 5.39 Å². The summed E-state index contributed by atoms with van der Waals surface area (Å²) in [6, 6.07) is 5.19. The number of pyridine rings is 1. The van der Waals surface area contributed by atoms with Crippen LogP contribution >= 0.6 is 0 Å². The number of fused-ring (bicyclic) bond motifs is 1. The van der Waals surface area contributed by atoms with Crippen molar-refractivity contribution >= 4 is 22.3 Å². The van der Waals surface area contributed by atoms with Crippen molar-refractivity contribution in [2.24, 2.45) is 0 Å². The summed E-state index contributed by atoms with van der Waals surface area (Å²) >= 11 is 0. The second-order valence-corrected chi connectivity index (χ2v) is 5.20. The molecule has 2 heterocycles. The van der Waals surface area contributed by atoms with Crippen LogP contribution in [0.3, 0.4) is 0 Å². The summed E-state index contributed by atoms with van der Waals surface area (Å²) in [5.41, 5.74) is 0.732. The van der Waals surface area contributed by atoms with E-state index in [1.165, 1.54) is 6.07 Å². The summed E-state index contributed by atoms with van der Waals surface area (Å²) < 4.78 is 14.1. The van der Waals surface area contributed by atoms with E-state index >= 15 is 0 Å². The van der Waals surface area contributed by atoms with Crippen molar-refractivity contribution < 1.29 is 4.39 Å². The van der Waals surface area contributed by atoms with E-state index in [1.54, 1.807) is 19.3 Å². The summed E-state index contributed by atoms with van der Waals surface area (Å²) in [5, 5.41) is 4.52. The van der Waals surface area contributed by atoms with Gasteiger partial charge < -0.3 is 15.1 Å². The molecule has 1 saturated heterocycles. The van der Waals surface area contributed by atoms with Crippen LogP contribution in [0.4, 0.5) is 15.9 Å². The maximum absolute atomic E-state index is 14.1. The number of nitrogens with zero attached hydrogens (tertiary/aromatic N) is 3. The molecule has 3 rings (SSSR count). The molecule has 0 spiro atoms. The Morgan fingerprint density at radius 3 is 2.65 bits per heavy atom. The molecule has 1 fully saturated rings. The number of anilines is 2. The average molecular weight is 274 g/mol. The summed E-state index contributed by atoms with van der Waals surface area (Å²) in [4.78, 5) is 9.08. The van der Waals surface area contributed by atoms with E-state index in [-0.39, 0.29) is 5.82 Å². The fourth-order valence-corrected chi connectivity index (χ4v) is 2.70. The summed E-state index contributed by atoms with van der Waals surface area (Å²) in [6.45, 7) is 3.86. The molecule has 106 valence electrons. The first-order chi connectivity index (χ1) is 9.70. The largest absolute Gasteiger partial charge is 0.386 e. The highest BCUT2D eigenvalue weighted by atomic mass is 19.1. The fraction of sp³-hybridized carbons (Fsp3) is 0.400. The van der Waals surface area contributed by atoms with Crippen LogP contribution in [0.2, 0.25) is 0 Å². The third-order valence-corrected chi connectivity index (χ3v) is 3.91. The van der Waals surface area contributed by atoms with Gasteiger partial charge in [0, 0.05) is 44.0 Å². The van der Waals surface area contributed by atoms with Crippen LogP contribution in [0.25, 0.3) is 10.8 Å². The van der Waals surface area contributed by atoms with Gasteiger partial charge in [0.1, 0.15) is 11.6 Å². The van der Waals surface area contributed by atoms with Crippen molar-refractivity contribution in [2.45, 2.75) is 0 Å². The van der Waals surface area contributed by atoms with Gasteiger partial charge in [0.15, 0.2) is 0 Å². The summed E-state index contributed by atoms with van der Waals surface area (Å²) in [5.74, 6) is 0.677. The van der Waals surface area contributed by atoms with Gasteiger partial charge in [-0.25, -0.2) is 9.37 Å². The molecule has 20 heavy (non-hydrogen) atoms. The average Bonchev–Trinajstić information content (AvgIpc) is 2.47. The zero-order valence-corrected chi connectivity index (χ0v) is 11.9. The van der Waals surface area contributed by atoms with Crippen molar-refractivity contribution in [1.82, 2.24) is 9.88 Å². The highest BCUT2D eigenvalue weighted by Gasteiger charge is 2.19. The van der Waals surface area contributed by atoms with E-state index < -0.39 is 0 Å². The van der Waals surface area contributed by atoms with Crippen LogP contribution in [0.5, 0.6) is 0 Å². The first-order valence-electron chi connectivity index (χ1n) is 6.89. The van der Waals surface area contributed by atoms with E-state index in [1.807, 2.05) is 6.07 Å². The van der Waals surface area contributed by atoms with E-state index in [4.69, 9.17) is 0 Å². The number of rotatable bonds is 2. The van der Waals surface area contributed by atoms with Crippen LogP contribution in [-0.4, -0.2) is 50.2 Å². The van der Waals surface area contributed by atoms with Crippen LogP contribution in [0.15, 0.2) is 24.4 Å². The minimum absolute atomic E-state index is 0.204. The maximum atomic E-state index is 14.1. The first-order valence-corrected chi connectivity index (χ1v) is 6.89. The lowest BCUT2D eigenvalue weighted by molar-refractivity contribution is 0.312. The van der Waals surface area contributed by atoms with E-state index in [2.05, 4.69) is 27.1 Å². The number of halogens is 1. The van der Waals surface area contributed by atoms with Crippen molar-refractivity contribution in [1.29, 1.82) is 0 Å². The predicted octanol–water partition coefficient (Wildman–Crippen LogP) is 2.17. The zero-order chi connectivity index (χ0) is 14.1. The van der Waals surface area contributed by atoms with Crippen molar-refractivity contribution in [3.63, 3.8) is 0 Å². The molecule has 0 amide bonds. The fourth-order valence-electron chi connectivity index (χ4n) is 2.70. The van der Waals surface area contributed by atoms with E-state index in [9.17, 15) is 4.39 Å². The Kier molecular flexibility index (Phi) is 3.44. The molecule has 1 aliphatic heterocycles. The topological polar surface area (TPSA) is 31.4 Å². The Morgan fingerprint density at radius 1 is 1.20 bits per heavy atom. The van der Waals surface area contributed by atoms with Gasteiger partial charge in [0.2, 0.25) is 0 Å². The minimum atomic E-state index is -0.204. The first kappa shape index (κ1) is 13.1. The monoisotopic (exact) mass is 274 g/mol. The normalized spacial score (nSPS) is 16.6. The maximum Gasteiger partial charge on any atom is 0.136 e. The van der Waals surface area contributed by atoms with Crippen LogP contribution < -0.4 is 10.2 Å². The van der Waals surface area contributed by atoms with Crippen molar-refractivity contribution in [3.8, 4) is 0 Å². The number of likely N-dealkylation sites (N-methyl/N-ethyl adjacent to an activating group) is 1.